The molecule has 2 amide bonds. The molecule has 0 fully saturated rings. The zero-order valence-corrected chi connectivity index (χ0v) is 16.9. The number of rotatable bonds is 9. The Labute approximate surface area is 181 Å². The number of aromatic hydroxyl groups is 1. The molecule has 9 nitrogen and oxygen atoms in total. The minimum absolute atomic E-state index is 0.0102. The smallest absolute Gasteiger partial charge is 0.326 e. The first kappa shape index (κ1) is 23.3. The van der Waals surface area contributed by atoms with Crippen LogP contribution in [0.5, 0.6) is 11.5 Å². The number of phenolic OH excluding ortho intramolecular Hbond substituents is 1. The second-order valence-corrected chi connectivity index (χ2v) is 7.03. The summed E-state index contributed by atoms with van der Waals surface area (Å²) in [5.74, 6) is -3.13. The van der Waals surface area contributed by atoms with Crippen LogP contribution in [0.25, 0.3) is 0 Å². The number of carboxylic acids is 1. The van der Waals surface area contributed by atoms with Crippen LogP contribution in [0.4, 0.5) is 0 Å². The predicted octanol–water partition coefficient (Wildman–Crippen LogP) is 1.87. The molecule has 0 aliphatic carbocycles. The lowest BCUT2D eigenvalue weighted by Crippen LogP contribution is -2.43. The summed E-state index contributed by atoms with van der Waals surface area (Å²) >= 11 is 12.2. The molecule has 0 bridgehead atoms. The van der Waals surface area contributed by atoms with E-state index in [1.807, 2.05) is 0 Å². The standard InChI is InChI=1S/C19H18Cl2N2O7/c20-12-5-11(30-8-15(25)9-2-1-3-10(24)4-9)6-13(21)17(12)18(27)23-14(19(28)29)7-16(22)26/h1-6,14-15,24-25H,7-8H2,(H2,22,26)(H,23,27)(H,28,29)/t14-,15?/m0/s1. The van der Waals surface area contributed by atoms with Gasteiger partial charge in [-0.15, -0.1) is 0 Å². The summed E-state index contributed by atoms with van der Waals surface area (Å²) in [4.78, 5) is 34.5. The summed E-state index contributed by atoms with van der Waals surface area (Å²) in [5.41, 5.74) is 5.19. The van der Waals surface area contributed by atoms with Gasteiger partial charge in [0.25, 0.3) is 5.91 Å². The molecule has 0 aliphatic heterocycles. The Kier molecular flexibility index (Phi) is 7.87. The van der Waals surface area contributed by atoms with Crippen molar-refractivity contribution >= 4 is 41.0 Å². The van der Waals surface area contributed by atoms with E-state index in [-0.39, 0.29) is 33.7 Å². The van der Waals surface area contributed by atoms with Crippen LogP contribution in [0, 0.1) is 0 Å². The van der Waals surface area contributed by atoms with Crippen molar-refractivity contribution in [3.05, 3.63) is 57.6 Å². The van der Waals surface area contributed by atoms with Crippen LogP contribution in [0.1, 0.15) is 28.4 Å². The number of hydrogen-bond donors (Lipinski definition) is 5. The predicted molar refractivity (Wildman–Crippen MR) is 108 cm³/mol. The van der Waals surface area contributed by atoms with E-state index >= 15 is 0 Å². The van der Waals surface area contributed by atoms with E-state index in [0.717, 1.165) is 0 Å². The average Bonchev–Trinajstić information content (AvgIpc) is 2.64. The molecule has 0 aliphatic rings. The third kappa shape index (κ3) is 6.24. The molecule has 6 N–H and O–H groups in total. The van der Waals surface area contributed by atoms with Crippen LogP contribution in [0.3, 0.4) is 0 Å². The van der Waals surface area contributed by atoms with E-state index in [0.29, 0.717) is 5.56 Å². The van der Waals surface area contributed by atoms with Crippen molar-refractivity contribution in [1.82, 2.24) is 5.32 Å². The van der Waals surface area contributed by atoms with Crippen molar-refractivity contribution in [3.8, 4) is 11.5 Å². The van der Waals surface area contributed by atoms with Crippen LogP contribution >= 0.6 is 23.2 Å². The number of ether oxygens (including phenoxy) is 1. The topological polar surface area (TPSA) is 159 Å². The van der Waals surface area contributed by atoms with Gasteiger partial charge in [-0.25, -0.2) is 4.79 Å². The first-order chi connectivity index (χ1) is 14.1. The third-order valence-corrected chi connectivity index (χ3v) is 4.51. The number of primary amides is 1. The minimum Gasteiger partial charge on any atom is -0.508 e. The SMILES string of the molecule is NC(=O)C[C@H](NC(=O)c1c(Cl)cc(OCC(O)c2cccc(O)c2)cc1Cl)C(=O)O. The van der Waals surface area contributed by atoms with E-state index in [2.05, 4.69) is 5.32 Å². The van der Waals surface area contributed by atoms with Crippen molar-refractivity contribution in [1.29, 1.82) is 0 Å². The van der Waals surface area contributed by atoms with Crippen molar-refractivity contribution in [2.24, 2.45) is 5.73 Å². The van der Waals surface area contributed by atoms with Crippen LogP contribution in [-0.4, -0.2) is 45.8 Å². The Hall–Kier alpha value is -3.01. The van der Waals surface area contributed by atoms with E-state index in [9.17, 15) is 24.6 Å². The lowest BCUT2D eigenvalue weighted by atomic mass is 10.1. The van der Waals surface area contributed by atoms with Crippen molar-refractivity contribution < 1.29 is 34.4 Å². The molecule has 0 aromatic heterocycles. The van der Waals surface area contributed by atoms with Gasteiger partial charge in [-0.3, -0.25) is 9.59 Å². The number of hydrogen-bond acceptors (Lipinski definition) is 6. The molecule has 0 radical (unpaired) electrons. The van der Waals surface area contributed by atoms with Gasteiger partial charge in [0.2, 0.25) is 5.91 Å². The van der Waals surface area contributed by atoms with E-state index < -0.39 is 36.4 Å². The fraction of sp³-hybridized carbons (Fsp3) is 0.211. The maximum absolute atomic E-state index is 12.4. The van der Waals surface area contributed by atoms with E-state index in [1.54, 1.807) is 12.1 Å². The lowest BCUT2D eigenvalue weighted by molar-refractivity contribution is -0.140. The second-order valence-electron chi connectivity index (χ2n) is 6.22. The fourth-order valence-electron chi connectivity index (χ4n) is 2.49. The second kappa shape index (κ2) is 10.1. The zero-order valence-electron chi connectivity index (χ0n) is 15.3. The van der Waals surface area contributed by atoms with Gasteiger partial charge in [0.05, 0.1) is 22.0 Å². The van der Waals surface area contributed by atoms with Gasteiger partial charge in [0, 0.05) is 0 Å². The minimum atomic E-state index is -1.55. The van der Waals surface area contributed by atoms with Crippen LogP contribution in [0.15, 0.2) is 36.4 Å². The maximum Gasteiger partial charge on any atom is 0.326 e. The van der Waals surface area contributed by atoms with E-state index in [1.165, 1.54) is 24.3 Å². The number of nitrogens with two attached hydrogens (primary N) is 1. The quantitative estimate of drug-likeness (QED) is 0.384. The maximum atomic E-state index is 12.4. The van der Waals surface area contributed by atoms with Crippen LogP contribution in [0.2, 0.25) is 10.0 Å². The van der Waals surface area contributed by atoms with Gasteiger partial charge in [0.15, 0.2) is 0 Å². The third-order valence-electron chi connectivity index (χ3n) is 3.91. The number of carboxylic acid groups (broad SMARTS) is 1. The number of amides is 2. The summed E-state index contributed by atoms with van der Waals surface area (Å²) < 4.78 is 5.44. The highest BCUT2D eigenvalue weighted by Gasteiger charge is 2.25. The molecule has 160 valence electrons. The molecule has 2 aromatic carbocycles. The summed E-state index contributed by atoms with van der Waals surface area (Å²) in [5, 5.41) is 30.6. The van der Waals surface area contributed by atoms with Crippen LogP contribution in [-0.2, 0) is 9.59 Å². The number of aliphatic hydroxyl groups is 1. The number of carbonyl (C=O) groups excluding carboxylic acids is 2. The fourth-order valence-corrected chi connectivity index (χ4v) is 3.12. The lowest BCUT2D eigenvalue weighted by Gasteiger charge is -2.16. The highest BCUT2D eigenvalue weighted by atomic mass is 35.5. The number of nitrogens with one attached hydrogen (secondary N) is 1. The Morgan fingerprint density at radius 2 is 1.77 bits per heavy atom. The Morgan fingerprint density at radius 1 is 1.13 bits per heavy atom. The Morgan fingerprint density at radius 3 is 2.30 bits per heavy atom. The van der Waals surface area contributed by atoms with Gasteiger partial charge in [-0.05, 0) is 29.8 Å². The average molecular weight is 457 g/mol. The summed E-state index contributed by atoms with van der Waals surface area (Å²) in [7, 11) is 0. The Bertz CT molecular complexity index is 945. The molecule has 2 aromatic rings. The van der Waals surface area contributed by atoms with Gasteiger partial charge >= 0.3 is 5.97 Å². The van der Waals surface area contributed by atoms with E-state index in [4.69, 9.17) is 38.8 Å². The van der Waals surface area contributed by atoms with Gasteiger partial charge < -0.3 is 31.1 Å². The molecule has 0 spiro atoms. The molecule has 0 saturated carbocycles. The molecule has 30 heavy (non-hydrogen) atoms. The number of carbonyl (C=O) groups is 3. The van der Waals surface area contributed by atoms with Crippen molar-refractivity contribution in [3.63, 3.8) is 0 Å². The normalized spacial score (nSPS) is 12.6. The van der Waals surface area contributed by atoms with Gasteiger partial charge in [0.1, 0.15) is 30.3 Å². The first-order valence-corrected chi connectivity index (χ1v) is 9.25. The van der Waals surface area contributed by atoms with Crippen molar-refractivity contribution in [2.45, 2.75) is 18.6 Å². The first-order valence-electron chi connectivity index (χ1n) is 8.49. The molecule has 2 rings (SSSR count). The van der Waals surface area contributed by atoms with Crippen LogP contribution < -0.4 is 15.8 Å². The highest BCUT2D eigenvalue weighted by Crippen LogP contribution is 2.31. The van der Waals surface area contributed by atoms with Gasteiger partial charge in [-0.2, -0.15) is 0 Å². The zero-order chi connectivity index (χ0) is 22.4. The number of halogens is 2. The molecule has 0 saturated heterocycles. The molecular weight excluding hydrogens is 439 g/mol. The highest BCUT2D eigenvalue weighted by molar-refractivity contribution is 6.40. The molecular formula is C19H18Cl2N2O7. The molecule has 0 heterocycles. The largest absolute Gasteiger partial charge is 0.508 e. The summed E-state index contributed by atoms with van der Waals surface area (Å²) in [6.45, 7) is -0.193. The van der Waals surface area contributed by atoms with Gasteiger partial charge in [-0.1, -0.05) is 35.3 Å². The number of phenols is 1. The molecule has 11 heteroatoms. The Balaban J connectivity index is 2.11. The molecule has 2 atom stereocenters. The monoisotopic (exact) mass is 456 g/mol. The number of benzene rings is 2. The molecule has 1 unspecified atom stereocenters. The summed E-state index contributed by atoms with van der Waals surface area (Å²) in [6, 6.07) is 6.99. The van der Waals surface area contributed by atoms with Crippen molar-refractivity contribution in [2.75, 3.05) is 6.61 Å². The number of aliphatic carboxylic acids is 1. The summed E-state index contributed by atoms with van der Waals surface area (Å²) in [6.07, 6.45) is -1.66. The number of aliphatic hydroxyl groups excluding tert-OH is 1.